The van der Waals surface area contributed by atoms with Crippen molar-refractivity contribution in [2.75, 3.05) is 12.0 Å². The van der Waals surface area contributed by atoms with Crippen LogP contribution in [0.25, 0.3) is 6.08 Å². The first-order valence-corrected chi connectivity index (χ1v) is 13.3. The largest absolute Gasteiger partial charge is 0.479 e. The predicted octanol–water partition coefficient (Wildman–Crippen LogP) is 7.84. The summed E-state index contributed by atoms with van der Waals surface area (Å²) in [6.07, 6.45) is 6.22. The van der Waals surface area contributed by atoms with Crippen LogP contribution >= 0.6 is 12.0 Å². The molecule has 5 rings (SSSR count). The Bertz CT molecular complexity index is 1320. The van der Waals surface area contributed by atoms with Gasteiger partial charge in [0.05, 0.1) is 13.2 Å². The quantitative estimate of drug-likeness (QED) is 0.174. The molecule has 2 atom stereocenters. The first kappa shape index (κ1) is 26.2. The molecule has 8 heteroatoms. The molecule has 3 aromatic carbocycles. The molecule has 38 heavy (non-hydrogen) atoms. The molecule has 0 amide bonds. The Labute approximate surface area is 224 Å². The second kappa shape index (κ2) is 10.8. The highest BCUT2D eigenvalue weighted by molar-refractivity contribution is 7.95. The van der Waals surface area contributed by atoms with Gasteiger partial charge in [-0.3, -0.25) is 0 Å². The molecule has 3 aromatic rings. The van der Waals surface area contributed by atoms with E-state index in [1.54, 1.807) is 18.2 Å². The smallest absolute Gasteiger partial charge is 0.466 e. The first-order valence-electron chi connectivity index (χ1n) is 12.5. The summed E-state index contributed by atoms with van der Waals surface area (Å²) in [4.78, 5) is 13.9. The van der Waals surface area contributed by atoms with Crippen LogP contribution in [0.2, 0.25) is 0 Å². The fourth-order valence-electron chi connectivity index (χ4n) is 5.09. The summed E-state index contributed by atoms with van der Waals surface area (Å²) in [6.45, 7) is 2.14. The number of methoxy groups -OCH3 is 1. The lowest BCUT2D eigenvalue weighted by Gasteiger charge is -2.44. The number of rotatable bonds is 7. The van der Waals surface area contributed by atoms with Gasteiger partial charge in [0, 0.05) is 17.8 Å². The number of esters is 1. The summed E-state index contributed by atoms with van der Waals surface area (Å²) < 4.78 is 47.7. The van der Waals surface area contributed by atoms with E-state index in [1.807, 2.05) is 30.3 Å². The molecule has 1 fully saturated rings. The number of hydrogen-bond donors (Lipinski definition) is 0. The zero-order chi connectivity index (χ0) is 26.9. The molecule has 0 aromatic heterocycles. The van der Waals surface area contributed by atoms with Gasteiger partial charge < -0.3 is 13.8 Å². The molecule has 1 saturated carbocycles. The van der Waals surface area contributed by atoms with Crippen LogP contribution in [-0.4, -0.2) is 24.6 Å². The van der Waals surface area contributed by atoms with Crippen molar-refractivity contribution in [2.45, 2.75) is 49.7 Å². The molecule has 198 valence electrons. The molecule has 0 radical (unpaired) electrons. The van der Waals surface area contributed by atoms with Crippen molar-refractivity contribution in [2.24, 2.45) is 0 Å². The Morgan fingerprint density at radius 1 is 1.00 bits per heavy atom. The third-order valence-electron chi connectivity index (χ3n) is 7.02. The number of alkyl halides is 3. The van der Waals surface area contributed by atoms with Crippen LogP contribution in [0, 0.1) is 0 Å². The number of benzene rings is 3. The summed E-state index contributed by atoms with van der Waals surface area (Å²) in [5, 5.41) is 0. The minimum atomic E-state index is -4.47. The maximum Gasteiger partial charge on any atom is 0.479 e. The fourth-order valence-corrected chi connectivity index (χ4v) is 5.39. The standard InChI is InChI=1S/C30H28F3NO3S/c1-19-17-24-18-26(37-38-30(31,32)33)14-15-27(24)29(23-6-3-20(4-7-23)5-16-28(35)36-2)34(19)25-12-10-22(11-13-25)21-8-9-21/h3-7,10-16,18-19,21,29H,8-9,17H2,1-2H3/b16-5+. The summed E-state index contributed by atoms with van der Waals surface area (Å²) in [7, 11) is 1.33. The maximum absolute atomic E-state index is 12.7. The van der Waals surface area contributed by atoms with Gasteiger partial charge in [-0.1, -0.05) is 42.5 Å². The van der Waals surface area contributed by atoms with Crippen LogP contribution in [0.1, 0.15) is 59.5 Å². The number of fused-ring (bicyclic) bond motifs is 1. The number of hydrogen-bond acceptors (Lipinski definition) is 5. The van der Waals surface area contributed by atoms with Crippen LogP contribution in [-0.2, 0) is 16.0 Å². The molecular formula is C30H28F3NO3S. The molecule has 0 saturated heterocycles. The van der Waals surface area contributed by atoms with Crippen LogP contribution in [0.15, 0.2) is 72.8 Å². The van der Waals surface area contributed by atoms with Gasteiger partial charge >= 0.3 is 11.5 Å². The third-order valence-corrected chi connectivity index (χ3v) is 7.48. The summed E-state index contributed by atoms with van der Waals surface area (Å²) >= 11 is -0.499. The number of nitrogens with zero attached hydrogens (tertiary/aromatic N) is 1. The molecule has 1 aliphatic carbocycles. The Morgan fingerprint density at radius 2 is 1.68 bits per heavy atom. The molecular weight excluding hydrogens is 511 g/mol. The first-order chi connectivity index (χ1) is 18.2. The Balaban J connectivity index is 1.51. The lowest BCUT2D eigenvalue weighted by Crippen LogP contribution is -2.42. The summed E-state index contributed by atoms with van der Waals surface area (Å²) in [5.74, 6) is 0.423. The van der Waals surface area contributed by atoms with Gasteiger partial charge in [0.25, 0.3) is 0 Å². The molecule has 0 spiro atoms. The number of ether oxygens (including phenoxy) is 1. The third kappa shape index (κ3) is 6.01. The molecule has 2 aliphatic rings. The molecule has 2 unspecified atom stereocenters. The van der Waals surface area contributed by atoms with Crippen molar-refractivity contribution < 1.29 is 26.9 Å². The highest BCUT2D eigenvalue weighted by Gasteiger charge is 2.35. The average Bonchev–Trinajstić information content (AvgIpc) is 3.75. The van der Waals surface area contributed by atoms with Gasteiger partial charge in [-0.05, 0) is 90.3 Å². The van der Waals surface area contributed by atoms with E-state index in [2.05, 4.69) is 40.8 Å². The number of carbonyl (C=O) groups excluding carboxylic acids is 1. The molecule has 4 nitrogen and oxygen atoms in total. The lowest BCUT2D eigenvalue weighted by molar-refractivity contribution is -0.134. The average molecular weight is 540 g/mol. The monoisotopic (exact) mass is 539 g/mol. The maximum atomic E-state index is 12.7. The summed E-state index contributed by atoms with van der Waals surface area (Å²) in [6, 6.07) is 21.8. The number of halogens is 3. The van der Waals surface area contributed by atoms with Gasteiger partial charge in [0.2, 0.25) is 0 Å². The van der Waals surface area contributed by atoms with Crippen molar-refractivity contribution in [1.29, 1.82) is 0 Å². The summed E-state index contributed by atoms with van der Waals surface area (Å²) in [5.41, 5.74) is 1.87. The van der Waals surface area contributed by atoms with Crippen LogP contribution in [0.4, 0.5) is 18.9 Å². The molecule has 1 aliphatic heterocycles. The Kier molecular flexibility index (Phi) is 7.43. The van der Waals surface area contributed by atoms with E-state index in [9.17, 15) is 18.0 Å². The zero-order valence-electron chi connectivity index (χ0n) is 21.1. The van der Waals surface area contributed by atoms with E-state index >= 15 is 0 Å². The van der Waals surface area contributed by atoms with Crippen molar-refractivity contribution in [3.63, 3.8) is 0 Å². The highest BCUT2D eigenvalue weighted by atomic mass is 32.2. The topological polar surface area (TPSA) is 38.8 Å². The lowest BCUT2D eigenvalue weighted by atomic mass is 9.84. The van der Waals surface area contributed by atoms with Crippen LogP contribution in [0.5, 0.6) is 5.75 Å². The van der Waals surface area contributed by atoms with Gasteiger partial charge in [0.1, 0.15) is 5.75 Å². The van der Waals surface area contributed by atoms with E-state index in [1.165, 1.54) is 31.6 Å². The second-order valence-corrected chi connectivity index (χ2v) is 10.5. The Morgan fingerprint density at radius 3 is 2.32 bits per heavy atom. The van der Waals surface area contributed by atoms with E-state index < -0.39 is 23.5 Å². The minimum Gasteiger partial charge on any atom is -0.466 e. The number of carbonyl (C=O) groups is 1. The zero-order valence-corrected chi connectivity index (χ0v) is 21.9. The predicted molar refractivity (Wildman–Crippen MR) is 144 cm³/mol. The second-order valence-electron chi connectivity index (χ2n) is 9.72. The normalized spacial score (nSPS) is 19.3. The molecule has 0 bridgehead atoms. The van der Waals surface area contributed by atoms with Crippen molar-refractivity contribution >= 4 is 29.8 Å². The number of anilines is 1. The van der Waals surface area contributed by atoms with Crippen LogP contribution in [0.3, 0.4) is 0 Å². The van der Waals surface area contributed by atoms with Crippen molar-refractivity contribution in [1.82, 2.24) is 0 Å². The van der Waals surface area contributed by atoms with E-state index in [-0.39, 0.29) is 17.8 Å². The molecule has 0 N–H and O–H groups in total. The van der Waals surface area contributed by atoms with Crippen molar-refractivity contribution in [3.05, 3.63) is 101 Å². The van der Waals surface area contributed by atoms with E-state index in [4.69, 9.17) is 4.18 Å². The van der Waals surface area contributed by atoms with E-state index in [0.29, 0.717) is 12.3 Å². The molecule has 1 heterocycles. The fraction of sp³-hybridized carbons (Fsp3) is 0.300. The SMILES string of the molecule is COC(=O)/C=C/c1ccc(C2c3ccc(OSC(F)(F)F)cc3CC(C)N2c2ccc(C3CC3)cc2)cc1. The van der Waals surface area contributed by atoms with Crippen molar-refractivity contribution in [3.8, 4) is 5.75 Å². The van der Waals surface area contributed by atoms with Gasteiger partial charge in [-0.2, -0.15) is 13.2 Å². The van der Waals surface area contributed by atoms with Gasteiger partial charge in [0.15, 0.2) is 12.0 Å². The highest BCUT2D eigenvalue weighted by Crippen LogP contribution is 2.45. The van der Waals surface area contributed by atoms with Crippen LogP contribution < -0.4 is 9.08 Å². The van der Waals surface area contributed by atoms with Gasteiger partial charge in [-0.15, -0.1) is 0 Å². The van der Waals surface area contributed by atoms with Gasteiger partial charge in [-0.25, -0.2) is 4.79 Å². The minimum absolute atomic E-state index is 0.0868. The Hall–Kier alpha value is -3.39. The van der Waals surface area contributed by atoms with E-state index in [0.717, 1.165) is 27.9 Å².